The van der Waals surface area contributed by atoms with Crippen LogP contribution in [0.1, 0.15) is 0 Å². The van der Waals surface area contributed by atoms with Crippen LogP contribution in [0, 0.1) is 0 Å². The minimum atomic E-state index is -0.457. The standard InChI is InChI=1S/C7H10N4O/c1-2-3-9-6-4-5(8)10-7(12)11-6/h2,4H,1,3H2,(H4,8,9,10,11,12). The van der Waals surface area contributed by atoms with Gasteiger partial charge in [-0.3, -0.25) is 4.98 Å². The lowest BCUT2D eigenvalue weighted by Crippen LogP contribution is -2.15. The van der Waals surface area contributed by atoms with E-state index in [9.17, 15) is 4.79 Å². The molecule has 0 aliphatic heterocycles. The molecular formula is C7H10N4O. The third-order valence-electron chi connectivity index (χ3n) is 1.19. The third kappa shape index (κ3) is 2.12. The van der Waals surface area contributed by atoms with Gasteiger partial charge < -0.3 is 11.1 Å². The molecule has 4 N–H and O–H groups in total. The summed E-state index contributed by atoms with van der Waals surface area (Å²) in [4.78, 5) is 16.7. The van der Waals surface area contributed by atoms with Crippen molar-refractivity contribution in [2.24, 2.45) is 0 Å². The number of anilines is 2. The molecule has 0 unspecified atom stereocenters. The van der Waals surface area contributed by atoms with Crippen molar-refractivity contribution in [1.29, 1.82) is 0 Å². The van der Waals surface area contributed by atoms with Crippen molar-refractivity contribution < 1.29 is 0 Å². The van der Waals surface area contributed by atoms with Gasteiger partial charge in [-0.25, -0.2) is 4.79 Å². The van der Waals surface area contributed by atoms with Crippen LogP contribution < -0.4 is 16.7 Å². The lowest BCUT2D eigenvalue weighted by atomic mass is 10.5. The number of rotatable bonds is 3. The SMILES string of the molecule is C=CCNc1cc(N)[nH]c(=O)n1. The van der Waals surface area contributed by atoms with E-state index in [0.29, 0.717) is 18.2 Å². The first-order valence-corrected chi connectivity index (χ1v) is 3.44. The molecule has 64 valence electrons. The van der Waals surface area contributed by atoms with E-state index in [1.165, 1.54) is 0 Å². The predicted molar refractivity (Wildman–Crippen MR) is 48.0 cm³/mol. The zero-order chi connectivity index (χ0) is 8.97. The maximum Gasteiger partial charge on any atom is 0.348 e. The van der Waals surface area contributed by atoms with E-state index in [2.05, 4.69) is 21.9 Å². The minimum absolute atomic E-state index is 0.293. The summed E-state index contributed by atoms with van der Waals surface area (Å²) in [7, 11) is 0. The molecule has 0 saturated heterocycles. The van der Waals surface area contributed by atoms with Crippen LogP contribution in [-0.2, 0) is 0 Å². The molecule has 0 saturated carbocycles. The number of nitrogen functional groups attached to an aromatic ring is 1. The highest BCUT2D eigenvalue weighted by Crippen LogP contribution is 2.01. The molecular weight excluding hydrogens is 156 g/mol. The summed E-state index contributed by atoms with van der Waals surface area (Å²) < 4.78 is 0. The Labute approximate surface area is 69.3 Å². The summed E-state index contributed by atoms with van der Waals surface area (Å²) in [6.07, 6.45) is 1.67. The molecule has 0 aliphatic carbocycles. The molecule has 0 amide bonds. The lowest BCUT2D eigenvalue weighted by molar-refractivity contribution is 1.07. The van der Waals surface area contributed by atoms with Crippen LogP contribution in [0.25, 0.3) is 0 Å². The fourth-order valence-electron chi connectivity index (χ4n) is 0.744. The van der Waals surface area contributed by atoms with Gasteiger partial charge in [-0.15, -0.1) is 6.58 Å². The maximum absolute atomic E-state index is 10.8. The molecule has 0 atom stereocenters. The van der Waals surface area contributed by atoms with Gasteiger partial charge in [0.05, 0.1) is 0 Å². The topological polar surface area (TPSA) is 83.8 Å². The average Bonchev–Trinajstić information content (AvgIpc) is 1.99. The van der Waals surface area contributed by atoms with Crippen LogP contribution in [0.2, 0.25) is 0 Å². The monoisotopic (exact) mass is 166 g/mol. The van der Waals surface area contributed by atoms with E-state index in [4.69, 9.17) is 5.73 Å². The minimum Gasteiger partial charge on any atom is -0.385 e. The summed E-state index contributed by atoms with van der Waals surface area (Å²) in [5, 5.41) is 2.85. The van der Waals surface area contributed by atoms with Gasteiger partial charge in [-0.2, -0.15) is 4.98 Å². The largest absolute Gasteiger partial charge is 0.385 e. The molecule has 1 heterocycles. The lowest BCUT2D eigenvalue weighted by Gasteiger charge is -2.00. The van der Waals surface area contributed by atoms with Gasteiger partial charge in [0.15, 0.2) is 0 Å². The maximum atomic E-state index is 10.8. The Morgan fingerprint density at radius 1 is 1.83 bits per heavy atom. The number of aromatic nitrogens is 2. The van der Waals surface area contributed by atoms with Crippen molar-refractivity contribution >= 4 is 11.6 Å². The van der Waals surface area contributed by atoms with Gasteiger partial charge in [0.2, 0.25) is 0 Å². The smallest absolute Gasteiger partial charge is 0.348 e. The van der Waals surface area contributed by atoms with E-state index in [1.807, 2.05) is 0 Å². The highest BCUT2D eigenvalue weighted by Gasteiger charge is 1.94. The van der Waals surface area contributed by atoms with Crippen LogP contribution in [0.15, 0.2) is 23.5 Å². The molecule has 0 radical (unpaired) electrons. The first-order valence-electron chi connectivity index (χ1n) is 3.44. The summed E-state index contributed by atoms with van der Waals surface area (Å²) in [6.45, 7) is 4.06. The molecule has 5 heteroatoms. The second kappa shape index (κ2) is 3.56. The Morgan fingerprint density at radius 2 is 2.58 bits per heavy atom. The molecule has 0 aliphatic rings. The zero-order valence-corrected chi connectivity index (χ0v) is 6.50. The first kappa shape index (κ1) is 8.32. The van der Waals surface area contributed by atoms with Crippen LogP contribution >= 0.6 is 0 Å². The molecule has 0 aromatic carbocycles. The normalized spacial score (nSPS) is 9.33. The highest BCUT2D eigenvalue weighted by atomic mass is 16.1. The Hall–Kier alpha value is -1.78. The molecule has 1 rings (SSSR count). The number of hydrogen-bond donors (Lipinski definition) is 3. The predicted octanol–water partition coefficient (Wildman–Crippen LogP) is -0.0500. The summed E-state index contributed by atoms with van der Waals surface area (Å²) in [5.41, 5.74) is 4.91. The van der Waals surface area contributed by atoms with Crippen molar-refractivity contribution in [2.45, 2.75) is 0 Å². The molecule has 12 heavy (non-hydrogen) atoms. The average molecular weight is 166 g/mol. The fourth-order valence-corrected chi connectivity index (χ4v) is 0.744. The quantitative estimate of drug-likeness (QED) is 0.550. The van der Waals surface area contributed by atoms with Gasteiger partial charge in [-0.05, 0) is 0 Å². The van der Waals surface area contributed by atoms with Crippen LogP contribution in [0.4, 0.5) is 11.6 Å². The van der Waals surface area contributed by atoms with E-state index in [0.717, 1.165) is 0 Å². The van der Waals surface area contributed by atoms with Crippen molar-refractivity contribution in [3.05, 3.63) is 29.2 Å². The summed E-state index contributed by atoms with van der Waals surface area (Å²) in [6, 6.07) is 1.55. The first-order chi connectivity index (χ1) is 5.72. The van der Waals surface area contributed by atoms with Gasteiger partial charge in [0.1, 0.15) is 11.6 Å². The van der Waals surface area contributed by atoms with Crippen molar-refractivity contribution in [2.75, 3.05) is 17.6 Å². The molecule has 1 aromatic heterocycles. The van der Waals surface area contributed by atoms with E-state index in [1.54, 1.807) is 12.1 Å². The number of nitrogens with zero attached hydrogens (tertiary/aromatic N) is 1. The fraction of sp³-hybridized carbons (Fsp3) is 0.143. The Balaban J connectivity index is 2.85. The molecule has 1 aromatic rings. The Morgan fingerprint density at radius 3 is 3.17 bits per heavy atom. The molecule has 0 bridgehead atoms. The number of aromatic amines is 1. The molecule has 0 fully saturated rings. The van der Waals surface area contributed by atoms with Gasteiger partial charge in [0, 0.05) is 12.6 Å². The Kier molecular flexibility index (Phi) is 2.47. The van der Waals surface area contributed by atoms with E-state index < -0.39 is 5.69 Å². The van der Waals surface area contributed by atoms with Gasteiger partial charge >= 0.3 is 5.69 Å². The molecule has 0 spiro atoms. The van der Waals surface area contributed by atoms with Gasteiger partial charge in [-0.1, -0.05) is 6.08 Å². The van der Waals surface area contributed by atoms with Crippen molar-refractivity contribution in [3.8, 4) is 0 Å². The summed E-state index contributed by atoms with van der Waals surface area (Å²) >= 11 is 0. The van der Waals surface area contributed by atoms with Crippen molar-refractivity contribution in [1.82, 2.24) is 9.97 Å². The number of nitrogens with one attached hydrogen (secondary N) is 2. The Bertz CT molecular complexity index is 330. The van der Waals surface area contributed by atoms with Crippen LogP contribution in [0.3, 0.4) is 0 Å². The number of hydrogen-bond acceptors (Lipinski definition) is 4. The highest BCUT2D eigenvalue weighted by molar-refractivity contribution is 5.43. The zero-order valence-electron chi connectivity index (χ0n) is 6.50. The van der Waals surface area contributed by atoms with Crippen molar-refractivity contribution in [3.63, 3.8) is 0 Å². The van der Waals surface area contributed by atoms with E-state index >= 15 is 0 Å². The van der Waals surface area contributed by atoms with E-state index in [-0.39, 0.29) is 0 Å². The molecule has 5 nitrogen and oxygen atoms in total. The van der Waals surface area contributed by atoms with Gasteiger partial charge in [0.25, 0.3) is 0 Å². The number of nitrogens with two attached hydrogens (primary N) is 1. The summed E-state index contributed by atoms with van der Waals surface area (Å²) in [5.74, 6) is 0.748. The van der Waals surface area contributed by atoms with Crippen LogP contribution in [0.5, 0.6) is 0 Å². The second-order valence-corrected chi connectivity index (χ2v) is 2.20. The van der Waals surface area contributed by atoms with Crippen LogP contribution in [-0.4, -0.2) is 16.5 Å². The third-order valence-corrected chi connectivity index (χ3v) is 1.19. The number of H-pyrrole nitrogens is 1. The second-order valence-electron chi connectivity index (χ2n) is 2.20.